The first-order valence-electron chi connectivity index (χ1n) is 9.04. The molecule has 152 valence electrons. The molecule has 29 heavy (non-hydrogen) atoms. The number of benzene rings is 2. The molecule has 2 aromatic carbocycles. The molecule has 1 N–H and O–H groups in total. The van der Waals surface area contributed by atoms with E-state index in [0.29, 0.717) is 24.2 Å². The lowest BCUT2D eigenvalue weighted by molar-refractivity contribution is 0.0600. The normalized spacial score (nSPS) is 14.8. The molecule has 1 saturated heterocycles. The van der Waals surface area contributed by atoms with Gasteiger partial charge in [-0.25, -0.2) is 18.6 Å². The lowest BCUT2D eigenvalue weighted by Gasteiger charge is -2.15. The fourth-order valence-corrected chi connectivity index (χ4v) is 4.57. The van der Waals surface area contributed by atoms with Gasteiger partial charge in [0.05, 0.1) is 23.8 Å². The number of amides is 1. The van der Waals surface area contributed by atoms with E-state index < -0.39 is 21.9 Å². The van der Waals surface area contributed by atoms with Crippen molar-refractivity contribution in [3.8, 4) is 0 Å². The van der Waals surface area contributed by atoms with E-state index in [1.807, 2.05) is 0 Å². The molecule has 8 nitrogen and oxygen atoms in total. The molecule has 0 saturated carbocycles. The van der Waals surface area contributed by atoms with Crippen molar-refractivity contribution in [2.45, 2.75) is 17.7 Å². The van der Waals surface area contributed by atoms with Crippen LogP contribution in [0.25, 0.3) is 0 Å². The summed E-state index contributed by atoms with van der Waals surface area (Å²) in [5.74, 6) is -1.08. The van der Waals surface area contributed by atoms with Gasteiger partial charge in [-0.2, -0.15) is 9.41 Å². The number of nitrogens with zero attached hydrogens (tertiary/aromatic N) is 2. The molecule has 0 bridgehead atoms. The van der Waals surface area contributed by atoms with Gasteiger partial charge in [0.25, 0.3) is 5.91 Å². The third-order valence-corrected chi connectivity index (χ3v) is 6.43. The number of nitrogens with one attached hydrogen (secondary N) is 1. The first kappa shape index (κ1) is 20.7. The molecule has 0 spiro atoms. The van der Waals surface area contributed by atoms with Gasteiger partial charge in [0.15, 0.2) is 0 Å². The number of sulfonamides is 1. The molecule has 0 unspecified atom stereocenters. The van der Waals surface area contributed by atoms with Gasteiger partial charge in [0.2, 0.25) is 10.0 Å². The molecule has 1 aliphatic heterocycles. The molecule has 3 rings (SSSR count). The van der Waals surface area contributed by atoms with Gasteiger partial charge in [-0.15, -0.1) is 0 Å². The zero-order chi connectivity index (χ0) is 20.9. The van der Waals surface area contributed by atoms with Gasteiger partial charge in [0, 0.05) is 24.2 Å². The zero-order valence-corrected chi connectivity index (χ0v) is 16.7. The number of ether oxygens (including phenoxy) is 1. The van der Waals surface area contributed by atoms with E-state index in [-0.39, 0.29) is 10.5 Å². The average Bonchev–Trinajstić information content (AvgIpc) is 3.29. The van der Waals surface area contributed by atoms with E-state index in [9.17, 15) is 18.0 Å². The Morgan fingerprint density at radius 2 is 1.83 bits per heavy atom. The lowest BCUT2D eigenvalue weighted by atomic mass is 10.1. The molecule has 0 atom stereocenters. The number of hydrazone groups is 1. The highest BCUT2D eigenvalue weighted by Gasteiger charge is 2.27. The molecule has 1 fully saturated rings. The van der Waals surface area contributed by atoms with Gasteiger partial charge < -0.3 is 4.74 Å². The van der Waals surface area contributed by atoms with Crippen LogP contribution in [-0.2, 0) is 14.8 Å². The fraction of sp³-hybridized carbons (Fsp3) is 0.250. The highest BCUT2D eigenvalue weighted by molar-refractivity contribution is 7.89. The van der Waals surface area contributed by atoms with E-state index in [1.54, 1.807) is 24.3 Å². The number of carbonyl (C=O) groups is 2. The summed E-state index contributed by atoms with van der Waals surface area (Å²) in [5, 5.41) is 3.87. The second kappa shape index (κ2) is 8.97. The molecule has 0 radical (unpaired) electrons. The number of carbonyl (C=O) groups excluding carboxylic acids is 2. The van der Waals surface area contributed by atoms with Gasteiger partial charge in [-0.3, -0.25) is 4.79 Å². The minimum atomic E-state index is -3.61. The van der Waals surface area contributed by atoms with Crippen molar-refractivity contribution >= 4 is 28.1 Å². The molecular weight excluding hydrogens is 394 g/mol. The molecule has 0 aromatic heterocycles. The largest absolute Gasteiger partial charge is 0.465 e. The summed E-state index contributed by atoms with van der Waals surface area (Å²) >= 11 is 0. The smallest absolute Gasteiger partial charge is 0.338 e. The Bertz CT molecular complexity index is 1040. The molecule has 2 aromatic rings. The summed E-state index contributed by atoms with van der Waals surface area (Å²) < 4.78 is 31.5. The van der Waals surface area contributed by atoms with Crippen molar-refractivity contribution in [2.24, 2.45) is 5.10 Å². The summed E-state index contributed by atoms with van der Waals surface area (Å²) in [5.41, 5.74) is 3.31. The second-order valence-corrected chi connectivity index (χ2v) is 8.35. The highest BCUT2D eigenvalue weighted by Crippen LogP contribution is 2.21. The number of methoxy groups -OCH3 is 1. The van der Waals surface area contributed by atoms with Crippen molar-refractivity contribution in [3.63, 3.8) is 0 Å². The summed E-state index contributed by atoms with van der Waals surface area (Å²) in [7, 11) is -2.33. The van der Waals surface area contributed by atoms with Crippen LogP contribution in [-0.4, -0.2) is 51.0 Å². The zero-order valence-electron chi connectivity index (χ0n) is 15.9. The van der Waals surface area contributed by atoms with Crippen LogP contribution < -0.4 is 5.43 Å². The van der Waals surface area contributed by atoms with Gasteiger partial charge in [-0.05, 0) is 37.1 Å². The molecule has 0 aliphatic carbocycles. The Morgan fingerprint density at radius 3 is 2.55 bits per heavy atom. The maximum Gasteiger partial charge on any atom is 0.338 e. The van der Waals surface area contributed by atoms with Gasteiger partial charge in [0.1, 0.15) is 0 Å². The Balaban J connectivity index is 1.74. The fourth-order valence-electron chi connectivity index (χ4n) is 3.01. The number of hydrogen-bond donors (Lipinski definition) is 1. The van der Waals surface area contributed by atoms with Crippen molar-refractivity contribution in [3.05, 3.63) is 65.2 Å². The lowest BCUT2D eigenvalue weighted by Crippen LogP contribution is -2.28. The van der Waals surface area contributed by atoms with Crippen LogP contribution in [0.2, 0.25) is 0 Å². The number of esters is 1. The third-order valence-electron chi connectivity index (χ3n) is 4.53. The minimum Gasteiger partial charge on any atom is -0.465 e. The molecule has 1 heterocycles. The average molecular weight is 415 g/mol. The molecule has 1 amide bonds. The quantitative estimate of drug-likeness (QED) is 0.441. The standard InChI is InChI=1S/C20H21N3O5S/c1-28-20(25)18-10-3-2-7-16(18)14-21-22-19(24)15-8-6-9-17(13-15)29(26,27)23-11-4-5-12-23/h2-3,6-10,13-14H,4-5,11-12H2,1H3,(H,22,24)/b21-14-. The van der Waals surface area contributed by atoms with Crippen LogP contribution in [0.15, 0.2) is 58.5 Å². The highest BCUT2D eigenvalue weighted by atomic mass is 32.2. The Hall–Kier alpha value is -3.04. The van der Waals surface area contributed by atoms with Crippen molar-refractivity contribution < 1.29 is 22.7 Å². The van der Waals surface area contributed by atoms with Crippen molar-refractivity contribution in [1.82, 2.24) is 9.73 Å². The van der Waals surface area contributed by atoms with E-state index in [2.05, 4.69) is 10.5 Å². The summed E-state index contributed by atoms with van der Waals surface area (Å²) in [4.78, 5) is 24.2. The third kappa shape index (κ3) is 4.69. The number of rotatable bonds is 6. The first-order valence-corrected chi connectivity index (χ1v) is 10.5. The maximum absolute atomic E-state index is 12.7. The van der Waals surface area contributed by atoms with Crippen LogP contribution >= 0.6 is 0 Å². The Labute approximate surface area is 169 Å². The van der Waals surface area contributed by atoms with Crippen molar-refractivity contribution in [2.75, 3.05) is 20.2 Å². The monoisotopic (exact) mass is 415 g/mol. The van der Waals surface area contributed by atoms with Gasteiger partial charge >= 0.3 is 5.97 Å². The van der Waals surface area contributed by atoms with Crippen LogP contribution in [0.3, 0.4) is 0 Å². The van der Waals surface area contributed by atoms with Crippen LogP contribution in [0, 0.1) is 0 Å². The summed E-state index contributed by atoms with van der Waals surface area (Å²) in [6, 6.07) is 12.5. The predicted molar refractivity (Wildman–Crippen MR) is 107 cm³/mol. The number of hydrogen-bond acceptors (Lipinski definition) is 6. The van der Waals surface area contributed by atoms with Crippen LogP contribution in [0.4, 0.5) is 0 Å². The first-order chi connectivity index (χ1) is 13.9. The van der Waals surface area contributed by atoms with E-state index in [0.717, 1.165) is 12.8 Å². The summed E-state index contributed by atoms with van der Waals surface area (Å²) in [6.45, 7) is 0.977. The van der Waals surface area contributed by atoms with Crippen molar-refractivity contribution in [1.29, 1.82) is 0 Å². The molecule has 1 aliphatic rings. The maximum atomic E-state index is 12.7. The molecule has 9 heteroatoms. The predicted octanol–water partition coefficient (Wildman–Crippen LogP) is 2.02. The van der Waals surface area contributed by atoms with Gasteiger partial charge in [-0.1, -0.05) is 24.3 Å². The Kier molecular flexibility index (Phi) is 6.40. The minimum absolute atomic E-state index is 0.0760. The summed E-state index contributed by atoms with van der Waals surface area (Å²) in [6.07, 6.45) is 3.00. The van der Waals surface area contributed by atoms with E-state index in [1.165, 1.54) is 41.9 Å². The van der Waals surface area contributed by atoms with E-state index in [4.69, 9.17) is 4.74 Å². The van der Waals surface area contributed by atoms with Crippen LogP contribution in [0.5, 0.6) is 0 Å². The SMILES string of the molecule is COC(=O)c1ccccc1/C=N\NC(=O)c1cccc(S(=O)(=O)N2CCCC2)c1. The second-order valence-electron chi connectivity index (χ2n) is 6.42. The van der Waals surface area contributed by atoms with Crippen LogP contribution in [0.1, 0.15) is 39.1 Å². The Morgan fingerprint density at radius 1 is 1.10 bits per heavy atom. The van der Waals surface area contributed by atoms with E-state index >= 15 is 0 Å². The molecular formula is C20H21N3O5S. The topological polar surface area (TPSA) is 105 Å².